The number of amides is 2. The summed E-state index contributed by atoms with van der Waals surface area (Å²) in [6.07, 6.45) is 0. The van der Waals surface area contributed by atoms with E-state index in [0.717, 1.165) is 5.56 Å². The standard InChI is InChI=1S/C18H14FN3O3S/c19-12-3-1-2-4-13(12)20-17(23)22-18-21-14(10-26-18)11-5-6-15-16(9-11)25-8-7-24-15/h1-6,9-10H,7-8H2,(H2,20,21,22,23). The van der Waals surface area contributed by atoms with Crippen molar-refractivity contribution in [3.05, 3.63) is 53.7 Å². The van der Waals surface area contributed by atoms with Crippen molar-refractivity contribution >= 4 is 28.2 Å². The Morgan fingerprint density at radius 1 is 1.08 bits per heavy atom. The van der Waals surface area contributed by atoms with E-state index in [9.17, 15) is 9.18 Å². The number of nitrogens with one attached hydrogen (secondary N) is 2. The molecule has 26 heavy (non-hydrogen) atoms. The summed E-state index contributed by atoms with van der Waals surface area (Å²) in [5.41, 5.74) is 1.66. The van der Waals surface area contributed by atoms with Gasteiger partial charge in [-0.3, -0.25) is 5.32 Å². The third kappa shape index (κ3) is 3.45. The minimum atomic E-state index is -0.557. The number of ether oxygens (including phenoxy) is 2. The molecule has 4 rings (SSSR count). The van der Waals surface area contributed by atoms with Gasteiger partial charge in [-0.15, -0.1) is 11.3 Å². The summed E-state index contributed by atoms with van der Waals surface area (Å²) in [5.74, 6) is 0.880. The molecule has 0 saturated carbocycles. The fourth-order valence-corrected chi connectivity index (χ4v) is 3.19. The Bertz CT molecular complexity index is 960. The first-order valence-electron chi connectivity index (χ1n) is 7.87. The smallest absolute Gasteiger partial charge is 0.325 e. The van der Waals surface area contributed by atoms with Crippen molar-refractivity contribution in [2.24, 2.45) is 0 Å². The van der Waals surface area contributed by atoms with E-state index >= 15 is 0 Å². The molecule has 3 aromatic rings. The third-order valence-electron chi connectivity index (χ3n) is 3.68. The second kappa shape index (κ2) is 7.01. The number of para-hydroxylation sites is 1. The Morgan fingerprint density at radius 3 is 2.73 bits per heavy atom. The predicted octanol–water partition coefficient (Wildman–Crippen LogP) is 4.36. The van der Waals surface area contributed by atoms with E-state index in [1.54, 1.807) is 12.1 Å². The number of benzene rings is 2. The van der Waals surface area contributed by atoms with Crippen molar-refractivity contribution in [1.82, 2.24) is 4.98 Å². The van der Waals surface area contributed by atoms with Crippen LogP contribution in [0.5, 0.6) is 11.5 Å². The molecule has 0 fully saturated rings. The number of halogens is 1. The van der Waals surface area contributed by atoms with Crippen LogP contribution in [-0.2, 0) is 0 Å². The van der Waals surface area contributed by atoms with E-state index in [1.807, 2.05) is 23.6 Å². The van der Waals surface area contributed by atoms with Crippen LogP contribution in [-0.4, -0.2) is 24.2 Å². The summed E-state index contributed by atoms with van der Waals surface area (Å²) in [6.45, 7) is 1.05. The maximum absolute atomic E-state index is 13.6. The van der Waals surface area contributed by atoms with Crippen LogP contribution >= 0.6 is 11.3 Å². The maximum Gasteiger partial charge on any atom is 0.325 e. The zero-order valence-electron chi connectivity index (χ0n) is 13.5. The van der Waals surface area contributed by atoms with Gasteiger partial charge >= 0.3 is 6.03 Å². The molecule has 1 aliphatic heterocycles. The molecule has 0 unspecified atom stereocenters. The number of thiazole rings is 1. The van der Waals surface area contributed by atoms with Crippen molar-refractivity contribution in [2.45, 2.75) is 0 Å². The quantitative estimate of drug-likeness (QED) is 0.717. The summed E-state index contributed by atoms with van der Waals surface area (Å²) >= 11 is 1.28. The van der Waals surface area contributed by atoms with E-state index in [1.165, 1.54) is 23.5 Å². The molecule has 2 aromatic carbocycles. The van der Waals surface area contributed by atoms with Crippen molar-refractivity contribution in [1.29, 1.82) is 0 Å². The van der Waals surface area contributed by atoms with Crippen molar-refractivity contribution < 1.29 is 18.7 Å². The average molecular weight is 371 g/mol. The van der Waals surface area contributed by atoms with Crippen molar-refractivity contribution in [3.63, 3.8) is 0 Å². The lowest BCUT2D eigenvalue weighted by Gasteiger charge is -2.18. The molecule has 0 aliphatic carbocycles. The van der Waals surface area contributed by atoms with Gasteiger partial charge in [-0.2, -0.15) is 0 Å². The number of urea groups is 1. The molecular formula is C18H14FN3O3S. The molecule has 132 valence electrons. The second-order valence-electron chi connectivity index (χ2n) is 5.46. The minimum Gasteiger partial charge on any atom is -0.486 e. The zero-order valence-corrected chi connectivity index (χ0v) is 14.3. The van der Waals surface area contributed by atoms with Gasteiger partial charge in [0.15, 0.2) is 16.6 Å². The first kappa shape index (κ1) is 16.3. The molecule has 2 N–H and O–H groups in total. The van der Waals surface area contributed by atoms with Crippen molar-refractivity contribution in [3.8, 4) is 22.8 Å². The molecule has 0 bridgehead atoms. The van der Waals surface area contributed by atoms with E-state index in [4.69, 9.17) is 9.47 Å². The van der Waals surface area contributed by atoms with Gasteiger partial charge in [-0.05, 0) is 30.3 Å². The highest BCUT2D eigenvalue weighted by Gasteiger charge is 2.14. The van der Waals surface area contributed by atoms with Crippen LogP contribution in [0, 0.1) is 5.82 Å². The molecule has 2 amide bonds. The molecule has 0 radical (unpaired) electrons. The van der Waals surface area contributed by atoms with Crippen molar-refractivity contribution in [2.75, 3.05) is 23.8 Å². The summed E-state index contributed by atoms with van der Waals surface area (Å²) in [4.78, 5) is 16.4. The monoisotopic (exact) mass is 371 g/mol. The largest absolute Gasteiger partial charge is 0.486 e. The Morgan fingerprint density at radius 2 is 1.88 bits per heavy atom. The summed E-state index contributed by atoms with van der Waals surface area (Å²) in [5, 5.41) is 7.29. The topological polar surface area (TPSA) is 72.5 Å². The zero-order chi connectivity index (χ0) is 17.9. The van der Waals surface area contributed by atoms with Gasteiger partial charge in [0.2, 0.25) is 0 Å². The van der Waals surface area contributed by atoms with Crippen LogP contribution in [0.1, 0.15) is 0 Å². The summed E-state index contributed by atoms with van der Waals surface area (Å²) in [6, 6.07) is 11.0. The van der Waals surface area contributed by atoms with Crippen LogP contribution in [0.4, 0.5) is 20.0 Å². The van der Waals surface area contributed by atoms with Gasteiger partial charge in [0.05, 0.1) is 11.4 Å². The molecule has 0 saturated heterocycles. The predicted molar refractivity (Wildman–Crippen MR) is 97.6 cm³/mol. The van der Waals surface area contributed by atoms with Gasteiger partial charge in [0.25, 0.3) is 0 Å². The molecule has 6 nitrogen and oxygen atoms in total. The first-order chi connectivity index (χ1) is 12.7. The Balaban J connectivity index is 1.46. The molecule has 1 aromatic heterocycles. The van der Waals surface area contributed by atoms with Gasteiger partial charge in [-0.25, -0.2) is 14.2 Å². The highest BCUT2D eigenvalue weighted by Crippen LogP contribution is 2.35. The SMILES string of the molecule is O=C(Nc1nc(-c2ccc3c(c2)OCCO3)cs1)Nc1ccccc1F. The normalized spacial score (nSPS) is 12.5. The van der Waals surface area contributed by atoms with E-state index in [0.29, 0.717) is 35.5 Å². The van der Waals surface area contributed by atoms with Crippen LogP contribution in [0.2, 0.25) is 0 Å². The maximum atomic E-state index is 13.6. The number of rotatable bonds is 3. The lowest BCUT2D eigenvalue weighted by atomic mass is 10.1. The van der Waals surface area contributed by atoms with Gasteiger partial charge in [-0.1, -0.05) is 12.1 Å². The lowest BCUT2D eigenvalue weighted by Crippen LogP contribution is -2.19. The second-order valence-corrected chi connectivity index (χ2v) is 6.31. The number of fused-ring (bicyclic) bond motifs is 1. The Hall–Kier alpha value is -3.13. The van der Waals surface area contributed by atoms with Crippen LogP contribution in [0.25, 0.3) is 11.3 Å². The summed E-state index contributed by atoms with van der Waals surface area (Å²) in [7, 11) is 0. The average Bonchev–Trinajstić information content (AvgIpc) is 3.11. The van der Waals surface area contributed by atoms with E-state index in [2.05, 4.69) is 15.6 Å². The number of carbonyl (C=O) groups excluding carboxylic acids is 1. The lowest BCUT2D eigenvalue weighted by molar-refractivity contribution is 0.171. The molecule has 0 atom stereocenters. The van der Waals surface area contributed by atoms with Gasteiger partial charge in [0.1, 0.15) is 19.0 Å². The number of aromatic nitrogens is 1. The molecule has 0 spiro atoms. The molecular weight excluding hydrogens is 357 g/mol. The fraction of sp³-hybridized carbons (Fsp3) is 0.111. The Labute approximate surface area is 152 Å². The van der Waals surface area contributed by atoms with Gasteiger partial charge in [0, 0.05) is 10.9 Å². The first-order valence-corrected chi connectivity index (χ1v) is 8.75. The molecule has 2 heterocycles. The minimum absolute atomic E-state index is 0.105. The van der Waals surface area contributed by atoms with E-state index in [-0.39, 0.29) is 5.69 Å². The number of hydrogen-bond acceptors (Lipinski definition) is 5. The molecule has 1 aliphatic rings. The van der Waals surface area contributed by atoms with Crippen LogP contribution in [0.15, 0.2) is 47.8 Å². The Kier molecular flexibility index (Phi) is 4.40. The number of anilines is 2. The highest BCUT2D eigenvalue weighted by atomic mass is 32.1. The highest BCUT2D eigenvalue weighted by molar-refractivity contribution is 7.14. The fourth-order valence-electron chi connectivity index (χ4n) is 2.48. The number of nitrogens with zero attached hydrogens (tertiary/aromatic N) is 1. The van der Waals surface area contributed by atoms with Crippen LogP contribution < -0.4 is 20.1 Å². The van der Waals surface area contributed by atoms with E-state index < -0.39 is 11.8 Å². The van der Waals surface area contributed by atoms with Crippen LogP contribution in [0.3, 0.4) is 0 Å². The van der Waals surface area contributed by atoms with Gasteiger partial charge < -0.3 is 14.8 Å². The molecule has 8 heteroatoms. The summed E-state index contributed by atoms with van der Waals surface area (Å²) < 4.78 is 24.6. The third-order valence-corrected chi connectivity index (χ3v) is 4.44. The number of hydrogen-bond donors (Lipinski definition) is 2. The number of carbonyl (C=O) groups is 1.